The first-order chi connectivity index (χ1) is 6.56. The smallest absolute Gasteiger partial charge is 0.0886 e. The van der Waals surface area contributed by atoms with Crippen LogP contribution in [0.4, 0.5) is 0 Å². The first kappa shape index (κ1) is 6.42. The topological polar surface area (TPSA) is 0 Å². The van der Waals surface area contributed by atoms with Gasteiger partial charge in [0.1, 0.15) is 0 Å². The van der Waals surface area contributed by atoms with Crippen LogP contribution in [0.1, 0.15) is 37.7 Å². The zero-order chi connectivity index (χ0) is 11.9. The Bertz CT molecular complexity index is 219. The summed E-state index contributed by atoms with van der Waals surface area (Å²) in [6.07, 6.45) is 2.08. The molecule has 1 fully saturated rings. The van der Waals surface area contributed by atoms with Crippen molar-refractivity contribution < 1.29 is 8.60 Å². The number of hydrogen-bond donors (Lipinski definition) is 0. The highest BCUT2D eigenvalue weighted by Crippen LogP contribution is 2.35. The standard InChI is InChI=1S/C11H24N/c1-11(2,3)10-6-8-12(4,5)9-7-10/h10H,6-9H2,1-5H3/q+1/i4D3. The van der Waals surface area contributed by atoms with Crippen molar-refractivity contribution in [3.8, 4) is 0 Å². The van der Waals surface area contributed by atoms with Gasteiger partial charge in [-0.3, -0.25) is 0 Å². The largest absolute Gasteiger partial charge is 0.328 e. The second kappa shape index (κ2) is 3.02. The Morgan fingerprint density at radius 1 is 1.25 bits per heavy atom. The van der Waals surface area contributed by atoms with Gasteiger partial charge in [-0.1, -0.05) is 20.8 Å². The van der Waals surface area contributed by atoms with Gasteiger partial charge in [0.25, 0.3) is 0 Å². The maximum Gasteiger partial charge on any atom is 0.0886 e. The summed E-state index contributed by atoms with van der Waals surface area (Å²) in [5.41, 5.74) is 0.319. The lowest BCUT2D eigenvalue weighted by Gasteiger charge is -2.41. The highest BCUT2D eigenvalue weighted by Gasteiger charge is 2.32. The van der Waals surface area contributed by atoms with Crippen LogP contribution < -0.4 is 0 Å². The molecule has 0 amide bonds. The van der Waals surface area contributed by atoms with E-state index in [0.29, 0.717) is 11.3 Å². The van der Waals surface area contributed by atoms with Crippen molar-refractivity contribution in [2.75, 3.05) is 27.1 Å². The molecule has 0 N–H and O–H groups in total. The van der Waals surface area contributed by atoms with E-state index in [1.165, 1.54) is 0 Å². The minimum absolute atomic E-state index is 0.250. The van der Waals surface area contributed by atoms with Crippen molar-refractivity contribution in [1.29, 1.82) is 0 Å². The zero-order valence-electron chi connectivity index (χ0n) is 11.9. The minimum Gasteiger partial charge on any atom is -0.328 e. The molecule has 0 bridgehead atoms. The van der Waals surface area contributed by atoms with Gasteiger partial charge >= 0.3 is 0 Å². The van der Waals surface area contributed by atoms with Gasteiger partial charge in [-0.2, -0.15) is 0 Å². The summed E-state index contributed by atoms with van der Waals surface area (Å²) in [6.45, 7) is 6.49. The second-order valence-corrected chi connectivity index (χ2v) is 5.48. The Morgan fingerprint density at radius 3 is 2.08 bits per heavy atom. The lowest BCUT2D eigenvalue weighted by molar-refractivity contribution is -0.896. The SMILES string of the molecule is [2H]C([2H])([2H])[N+]1(C)CCC(C(C)(C)C)CC1. The Hall–Kier alpha value is -0.0400. The number of piperidine rings is 1. The van der Waals surface area contributed by atoms with E-state index in [-0.39, 0.29) is 4.48 Å². The average Bonchev–Trinajstić information content (AvgIpc) is 2.01. The van der Waals surface area contributed by atoms with Crippen LogP contribution in [-0.4, -0.2) is 31.6 Å². The Balaban J connectivity index is 2.64. The molecule has 0 aromatic carbocycles. The van der Waals surface area contributed by atoms with Crippen molar-refractivity contribution in [1.82, 2.24) is 0 Å². The monoisotopic (exact) mass is 173 g/mol. The predicted molar refractivity (Wildman–Crippen MR) is 54.0 cm³/mol. The molecule has 1 heteroatoms. The van der Waals surface area contributed by atoms with Crippen molar-refractivity contribution in [3.63, 3.8) is 0 Å². The fourth-order valence-electron chi connectivity index (χ4n) is 2.00. The average molecular weight is 173 g/mol. The highest BCUT2D eigenvalue weighted by molar-refractivity contribution is 4.76. The Labute approximate surface area is 81.6 Å². The van der Waals surface area contributed by atoms with Gasteiger partial charge in [0.15, 0.2) is 0 Å². The number of hydrogen-bond acceptors (Lipinski definition) is 0. The third kappa shape index (κ3) is 2.48. The van der Waals surface area contributed by atoms with E-state index in [0.717, 1.165) is 25.9 Å². The number of likely N-dealkylation sites (tertiary alicyclic amines) is 1. The normalized spacial score (nSPS) is 43.0. The molecule has 1 aliphatic rings. The highest BCUT2D eigenvalue weighted by atomic mass is 15.3. The molecule has 1 nitrogen and oxygen atoms in total. The lowest BCUT2D eigenvalue weighted by Crippen LogP contribution is -2.48. The summed E-state index contributed by atoms with van der Waals surface area (Å²) >= 11 is 0. The van der Waals surface area contributed by atoms with Crippen LogP contribution in [0.2, 0.25) is 0 Å². The lowest BCUT2D eigenvalue weighted by atomic mass is 9.75. The molecule has 0 saturated carbocycles. The summed E-state index contributed by atoms with van der Waals surface area (Å²) in [6, 6.07) is 0. The molecule has 0 aromatic rings. The van der Waals surface area contributed by atoms with E-state index < -0.39 is 6.98 Å². The van der Waals surface area contributed by atoms with Gasteiger partial charge in [0.2, 0.25) is 0 Å². The van der Waals surface area contributed by atoms with E-state index >= 15 is 0 Å². The molecule has 1 aliphatic heterocycles. The molecular weight excluding hydrogens is 146 g/mol. The quantitative estimate of drug-likeness (QED) is 0.494. The number of rotatable bonds is 0. The Morgan fingerprint density at radius 2 is 1.75 bits per heavy atom. The molecule has 0 radical (unpaired) electrons. The van der Waals surface area contributed by atoms with Crippen molar-refractivity contribution in [2.45, 2.75) is 33.6 Å². The molecule has 12 heavy (non-hydrogen) atoms. The van der Waals surface area contributed by atoms with E-state index in [9.17, 15) is 0 Å². The van der Waals surface area contributed by atoms with E-state index in [1.54, 1.807) is 0 Å². The second-order valence-electron chi connectivity index (χ2n) is 5.48. The summed E-state index contributed by atoms with van der Waals surface area (Å²) in [5, 5.41) is 0. The summed E-state index contributed by atoms with van der Waals surface area (Å²) in [5.74, 6) is 0.672. The molecule has 0 atom stereocenters. The van der Waals surface area contributed by atoms with Gasteiger partial charge in [-0.15, -0.1) is 0 Å². The van der Waals surface area contributed by atoms with Crippen LogP contribution in [0.3, 0.4) is 0 Å². The number of nitrogens with zero attached hydrogens (tertiary/aromatic N) is 1. The van der Waals surface area contributed by atoms with Crippen LogP contribution in [0.15, 0.2) is 0 Å². The molecule has 0 aromatic heterocycles. The van der Waals surface area contributed by atoms with Crippen LogP contribution in [0.5, 0.6) is 0 Å². The summed E-state index contributed by atoms with van der Waals surface area (Å²) in [7, 11) is 1.87. The van der Waals surface area contributed by atoms with Crippen LogP contribution in [0, 0.1) is 11.3 Å². The molecule has 0 unspecified atom stereocenters. The predicted octanol–water partition coefficient (Wildman–Crippen LogP) is 2.52. The summed E-state index contributed by atoms with van der Waals surface area (Å²) in [4.78, 5) is 0. The molecular formula is C11H24N+. The first-order valence-corrected chi connectivity index (χ1v) is 4.91. The van der Waals surface area contributed by atoms with Crippen LogP contribution in [-0.2, 0) is 0 Å². The fraction of sp³-hybridized carbons (Fsp3) is 1.00. The van der Waals surface area contributed by atoms with Crippen molar-refractivity contribution in [2.24, 2.45) is 11.3 Å². The molecule has 0 aliphatic carbocycles. The maximum absolute atomic E-state index is 7.55. The molecule has 72 valence electrons. The van der Waals surface area contributed by atoms with Gasteiger partial charge in [0, 0.05) is 12.8 Å². The fourth-order valence-corrected chi connectivity index (χ4v) is 2.00. The van der Waals surface area contributed by atoms with E-state index in [4.69, 9.17) is 4.11 Å². The minimum atomic E-state index is -1.84. The van der Waals surface area contributed by atoms with Crippen molar-refractivity contribution >= 4 is 0 Å². The Kier molecular flexibility index (Phi) is 1.62. The third-order valence-corrected chi connectivity index (χ3v) is 3.17. The van der Waals surface area contributed by atoms with Crippen LogP contribution in [0.25, 0.3) is 0 Å². The van der Waals surface area contributed by atoms with Gasteiger partial charge in [-0.25, -0.2) is 0 Å². The molecule has 1 saturated heterocycles. The molecule has 1 heterocycles. The van der Waals surface area contributed by atoms with E-state index in [1.807, 2.05) is 7.05 Å². The molecule has 0 spiro atoms. The molecule has 1 rings (SSSR count). The van der Waals surface area contributed by atoms with Gasteiger partial charge in [0.05, 0.1) is 31.2 Å². The van der Waals surface area contributed by atoms with E-state index in [2.05, 4.69) is 20.8 Å². The summed E-state index contributed by atoms with van der Waals surface area (Å²) < 4.78 is 22.9. The number of quaternary nitrogens is 1. The third-order valence-electron chi connectivity index (χ3n) is 3.17. The zero-order valence-corrected chi connectivity index (χ0v) is 8.85. The maximum atomic E-state index is 7.55. The van der Waals surface area contributed by atoms with Crippen LogP contribution >= 0.6 is 0 Å². The van der Waals surface area contributed by atoms with Gasteiger partial charge < -0.3 is 4.48 Å². The van der Waals surface area contributed by atoms with Crippen molar-refractivity contribution in [3.05, 3.63) is 0 Å². The van der Waals surface area contributed by atoms with Gasteiger partial charge in [-0.05, 0) is 11.3 Å². The first-order valence-electron chi connectivity index (χ1n) is 6.41.